The molecule has 6 nitrogen and oxygen atoms in total. The second kappa shape index (κ2) is 11.3. The molecule has 8 heteroatoms. The Labute approximate surface area is 220 Å². The molecule has 3 fully saturated rings. The summed E-state index contributed by atoms with van der Waals surface area (Å²) in [4.78, 5) is 14.6. The average molecular weight is 511 g/mol. The Kier molecular flexibility index (Phi) is 7.89. The van der Waals surface area contributed by atoms with Gasteiger partial charge in [-0.2, -0.15) is 9.97 Å². The number of nitrogens with zero attached hydrogens (tertiary/aromatic N) is 4. The van der Waals surface area contributed by atoms with Crippen molar-refractivity contribution < 1.29 is 4.39 Å². The zero-order chi connectivity index (χ0) is 25.0. The molecule has 3 aliphatic rings. The van der Waals surface area contributed by atoms with Crippen LogP contribution >= 0.6 is 12.2 Å². The molecule has 2 N–H and O–H groups in total. The Balaban J connectivity index is 1.31. The van der Waals surface area contributed by atoms with Gasteiger partial charge in [0.05, 0.1) is 0 Å². The van der Waals surface area contributed by atoms with E-state index in [9.17, 15) is 4.39 Å². The Bertz CT molecular complexity index is 1030. The topological polar surface area (TPSA) is 56.3 Å². The summed E-state index contributed by atoms with van der Waals surface area (Å²) in [6.45, 7) is 7.16. The molecule has 5 rings (SSSR count). The van der Waals surface area contributed by atoms with E-state index in [1.54, 1.807) is 12.1 Å². The predicted molar refractivity (Wildman–Crippen MR) is 149 cm³/mol. The SMILES string of the molecule is C[C@H]1CCCN(c2cc(N3CCCCC3)nc(NC(=S)NCC3(c4ccc(F)cc4)CCCC3)n2)C1. The van der Waals surface area contributed by atoms with Crippen molar-refractivity contribution in [1.29, 1.82) is 0 Å². The van der Waals surface area contributed by atoms with E-state index in [0.29, 0.717) is 23.5 Å². The molecule has 1 aromatic heterocycles. The van der Waals surface area contributed by atoms with E-state index in [1.165, 1.54) is 50.5 Å². The smallest absolute Gasteiger partial charge is 0.232 e. The third-order valence-electron chi connectivity index (χ3n) is 8.19. The number of hydrogen-bond acceptors (Lipinski definition) is 5. The number of benzene rings is 1. The van der Waals surface area contributed by atoms with Crippen molar-refractivity contribution in [3.05, 3.63) is 41.7 Å². The minimum atomic E-state index is -0.193. The first-order valence-electron chi connectivity index (χ1n) is 13.7. The van der Waals surface area contributed by atoms with E-state index in [4.69, 9.17) is 22.2 Å². The Morgan fingerprint density at radius 1 is 0.972 bits per heavy atom. The van der Waals surface area contributed by atoms with Gasteiger partial charge in [0, 0.05) is 44.2 Å². The van der Waals surface area contributed by atoms with Gasteiger partial charge in [0.15, 0.2) is 5.11 Å². The summed E-state index contributed by atoms with van der Waals surface area (Å²) in [6.07, 6.45) is 10.7. The number of halogens is 1. The number of hydrogen-bond donors (Lipinski definition) is 2. The van der Waals surface area contributed by atoms with Crippen LogP contribution in [0.3, 0.4) is 0 Å². The predicted octanol–water partition coefficient (Wildman–Crippen LogP) is 5.64. The number of aromatic nitrogens is 2. The molecule has 1 aliphatic carbocycles. The summed E-state index contributed by atoms with van der Waals surface area (Å²) in [5.41, 5.74) is 1.16. The lowest BCUT2D eigenvalue weighted by molar-refractivity contribution is 0.434. The molecular formula is C28H39FN6S. The second-order valence-corrected chi connectivity index (χ2v) is 11.4. The van der Waals surface area contributed by atoms with Gasteiger partial charge in [-0.3, -0.25) is 0 Å². The van der Waals surface area contributed by atoms with Crippen LogP contribution in [0.2, 0.25) is 0 Å². The standard InChI is InChI=1S/C28H39FN6S/c1-21-8-7-17-35(19-21)25-18-24(34-15-5-2-6-16-34)31-26(32-25)33-27(36)30-20-28(13-3-4-14-28)22-9-11-23(29)12-10-22/h9-12,18,21H,2-8,13-17,19-20H2,1H3,(H2,30,31,32,33,36)/t21-/m0/s1. The highest BCUT2D eigenvalue weighted by molar-refractivity contribution is 7.80. The van der Waals surface area contributed by atoms with Crippen LogP contribution in [0.25, 0.3) is 0 Å². The first-order chi connectivity index (χ1) is 17.5. The van der Waals surface area contributed by atoms with Gasteiger partial charge in [0.25, 0.3) is 0 Å². The lowest BCUT2D eigenvalue weighted by atomic mass is 9.79. The molecule has 0 bridgehead atoms. The molecule has 0 radical (unpaired) electrons. The number of nitrogens with one attached hydrogen (secondary N) is 2. The van der Waals surface area contributed by atoms with E-state index in [0.717, 1.165) is 50.7 Å². The van der Waals surface area contributed by atoms with E-state index in [-0.39, 0.29) is 11.2 Å². The third kappa shape index (κ3) is 5.90. The molecule has 194 valence electrons. The zero-order valence-electron chi connectivity index (χ0n) is 21.4. The Morgan fingerprint density at radius 3 is 2.33 bits per heavy atom. The maximum absolute atomic E-state index is 13.5. The van der Waals surface area contributed by atoms with Gasteiger partial charge < -0.3 is 20.4 Å². The van der Waals surface area contributed by atoms with E-state index in [1.807, 2.05) is 12.1 Å². The summed E-state index contributed by atoms with van der Waals surface area (Å²) in [7, 11) is 0. The highest BCUT2D eigenvalue weighted by Crippen LogP contribution is 2.40. The molecule has 2 aliphatic heterocycles. The summed E-state index contributed by atoms with van der Waals surface area (Å²) in [6, 6.07) is 9.14. The number of thiocarbonyl (C=S) groups is 1. The van der Waals surface area contributed by atoms with Crippen molar-refractivity contribution in [3.63, 3.8) is 0 Å². The molecule has 3 heterocycles. The molecule has 2 saturated heterocycles. The van der Waals surface area contributed by atoms with E-state index < -0.39 is 0 Å². The van der Waals surface area contributed by atoms with Crippen molar-refractivity contribution in [2.45, 2.75) is 70.1 Å². The van der Waals surface area contributed by atoms with Crippen molar-refractivity contribution in [3.8, 4) is 0 Å². The fraction of sp³-hybridized carbons (Fsp3) is 0.607. The molecule has 0 unspecified atom stereocenters. The van der Waals surface area contributed by atoms with E-state index >= 15 is 0 Å². The van der Waals surface area contributed by atoms with Crippen LogP contribution < -0.4 is 20.4 Å². The largest absolute Gasteiger partial charge is 0.361 e. The van der Waals surface area contributed by atoms with Crippen LogP contribution in [0.1, 0.15) is 70.3 Å². The van der Waals surface area contributed by atoms with Gasteiger partial charge in [0.1, 0.15) is 17.5 Å². The summed E-state index contributed by atoms with van der Waals surface area (Å²) in [5, 5.41) is 7.29. The molecule has 1 saturated carbocycles. The molecule has 36 heavy (non-hydrogen) atoms. The molecule has 1 atom stereocenters. The van der Waals surface area contributed by atoms with Crippen LogP contribution in [-0.2, 0) is 5.41 Å². The van der Waals surface area contributed by atoms with Gasteiger partial charge in [-0.25, -0.2) is 4.39 Å². The fourth-order valence-electron chi connectivity index (χ4n) is 6.14. The van der Waals surface area contributed by atoms with Gasteiger partial charge in [-0.05, 0) is 80.8 Å². The molecule has 0 spiro atoms. The first-order valence-corrected chi connectivity index (χ1v) is 14.1. The minimum absolute atomic E-state index is 0.0228. The fourth-order valence-corrected chi connectivity index (χ4v) is 6.30. The number of rotatable bonds is 6. The van der Waals surface area contributed by atoms with Crippen LogP contribution in [0.5, 0.6) is 0 Å². The number of piperidine rings is 2. The lowest BCUT2D eigenvalue weighted by Gasteiger charge is -2.34. The molecule has 2 aromatic rings. The quantitative estimate of drug-likeness (QED) is 0.488. The minimum Gasteiger partial charge on any atom is -0.361 e. The maximum Gasteiger partial charge on any atom is 0.232 e. The van der Waals surface area contributed by atoms with Crippen molar-refractivity contribution >= 4 is 34.9 Å². The van der Waals surface area contributed by atoms with Crippen molar-refractivity contribution in [2.75, 3.05) is 47.8 Å². The van der Waals surface area contributed by atoms with Crippen molar-refractivity contribution in [1.82, 2.24) is 15.3 Å². The van der Waals surface area contributed by atoms with Crippen LogP contribution in [0.15, 0.2) is 30.3 Å². The van der Waals surface area contributed by atoms with Crippen molar-refractivity contribution in [2.24, 2.45) is 5.92 Å². The normalized spacial score (nSPS) is 21.9. The highest BCUT2D eigenvalue weighted by atomic mass is 32.1. The maximum atomic E-state index is 13.5. The molecule has 1 aromatic carbocycles. The van der Waals surface area contributed by atoms with Crippen LogP contribution in [-0.4, -0.2) is 47.8 Å². The molecular weight excluding hydrogens is 471 g/mol. The van der Waals surface area contributed by atoms with Gasteiger partial charge >= 0.3 is 0 Å². The second-order valence-electron chi connectivity index (χ2n) is 11.0. The summed E-state index contributed by atoms with van der Waals surface area (Å²) < 4.78 is 13.5. The highest BCUT2D eigenvalue weighted by Gasteiger charge is 2.35. The number of anilines is 3. The van der Waals surface area contributed by atoms with E-state index in [2.05, 4.69) is 33.4 Å². The monoisotopic (exact) mass is 510 g/mol. The first kappa shape index (κ1) is 25.2. The Morgan fingerprint density at radius 2 is 1.64 bits per heavy atom. The van der Waals surface area contributed by atoms with Gasteiger partial charge in [-0.15, -0.1) is 0 Å². The van der Waals surface area contributed by atoms with Crippen LogP contribution in [0, 0.1) is 11.7 Å². The van der Waals surface area contributed by atoms with Gasteiger partial charge in [0.2, 0.25) is 5.95 Å². The Hall–Kier alpha value is -2.48. The lowest BCUT2D eigenvalue weighted by Crippen LogP contribution is -2.41. The zero-order valence-corrected chi connectivity index (χ0v) is 22.3. The van der Waals surface area contributed by atoms with Gasteiger partial charge in [-0.1, -0.05) is 31.9 Å². The summed E-state index contributed by atoms with van der Waals surface area (Å²) in [5.74, 6) is 3.01. The van der Waals surface area contributed by atoms with Crippen LogP contribution in [0.4, 0.5) is 22.0 Å². The average Bonchev–Trinajstić information content (AvgIpc) is 3.38. The molecule has 0 amide bonds. The third-order valence-corrected chi connectivity index (χ3v) is 8.44. The summed E-state index contributed by atoms with van der Waals surface area (Å²) >= 11 is 5.72.